The van der Waals surface area contributed by atoms with Gasteiger partial charge in [-0.2, -0.15) is 11.8 Å². The van der Waals surface area contributed by atoms with E-state index in [1.54, 1.807) is 6.26 Å². The topological polar surface area (TPSA) is 42.2 Å². The van der Waals surface area contributed by atoms with Crippen LogP contribution in [-0.2, 0) is 4.79 Å². The number of hydrogen-bond donors (Lipinski definition) is 1. The van der Waals surface area contributed by atoms with E-state index in [0.717, 1.165) is 23.0 Å². The van der Waals surface area contributed by atoms with Gasteiger partial charge < -0.3 is 9.73 Å². The van der Waals surface area contributed by atoms with Crippen molar-refractivity contribution in [1.29, 1.82) is 0 Å². The summed E-state index contributed by atoms with van der Waals surface area (Å²) in [5.74, 6) is 2.92. The summed E-state index contributed by atoms with van der Waals surface area (Å²) in [6.07, 6.45) is 2.32. The van der Waals surface area contributed by atoms with Crippen molar-refractivity contribution in [2.45, 2.75) is 12.5 Å². The predicted molar refractivity (Wildman–Crippen MR) is 82.0 cm³/mol. The highest BCUT2D eigenvalue weighted by Crippen LogP contribution is 2.33. The van der Waals surface area contributed by atoms with Crippen molar-refractivity contribution < 1.29 is 9.21 Å². The smallest absolute Gasteiger partial charge is 0.140 e. The molecule has 3 nitrogen and oxygen atoms in total. The summed E-state index contributed by atoms with van der Waals surface area (Å²) in [4.78, 5) is 12.2. The van der Waals surface area contributed by atoms with Crippen molar-refractivity contribution in [2.24, 2.45) is 5.92 Å². The number of furan rings is 1. The standard InChI is InChI=1S/C16H17NO2S/c18-14-8-10-20-11-13(14)16(15-7-4-9-19-15)17-12-5-2-1-3-6-12/h1-7,9,13,16-17H,8,10-11H2/t13-,16-/m0/s1. The van der Waals surface area contributed by atoms with Crippen LogP contribution in [0.1, 0.15) is 18.2 Å². The maximum absolute atomic E-state index is 12.2. The van der Waals surface area contributed by atoms with Gasteiger partial charge in [0.25, 0.3) is 0 Å². The number of carbonyl (C=O) groups is 1. The summed E-state index contributed by atoms with van der Waals surface area (Å²) < 4.78 is 5.55. The Morgan fingerprint density at radius 2 is 2.05 bits per heavy atom. The number of Topliss-reactive ketones (excluding diaryl/α,β-unsaturated/α-hetero) is 1. The van der Waals surface area contributed by atoms with Crippen LogP contribution in [0.25, 0.3) is 0 Å². The van der Waals surface area contributed by atoms with Gasteiger partial charge in [-0.3, -0.25) is 4.79 Å². The van der Waals surface area contributed by atoms with Gasteiger partial charge in [-0.1, -0.05) is 18.2 Å². The second-order valence-electron chi connectivity index (χ2n) is 4.90. The first-order chi connectivity index (χ1) is 9.84. The Kier molecular flexibility index (Phi) is 4.11. The number of carbonyl (C=O) groups excluding carboxylic acids is 1. The van der Waals surface area contributed by atoms with E-state index < -0.39 is 0 Å². The first kappa shape index (κ1) is 13.3. The maximum atomic E-state index is 12.2. The number of para-hydroxylation sites is 1. The van der Waals surface area contributed by atoms with Crippen molar-refractivity contribution in [3.05, 3.63) is 54.5 Å². The monoisotopic (exact) mass is 287 g/mol. The molecule has 0 spiro atoms. The van der Waals surface area contributed by atoms with Gasteiger partial charge in [0.15, 0.2) is 0 Å². The van der Waals surface area contributed by atoms with Gasteiger partial charge in [-0.05, 0) is 24.3 Å². The normalized spacial score (nSPS) is 20.6. The molecule has 2 atom stereocenters. The molecule has 0 radical (unpaired) electrons. The van der Waals surface area contributed by atoms with Gasteiger partial charge in [0, 0.05) is 23.6 Å². The minimum absolute atomic E-state index is 0.0277. The number of anilines is 1. The zero-order valence-electron chi connectivity index (χ0n) is 11.1. The Bertz CT molecular complexity index is 553. The lowest BCUT2D eigenvalue weighted by Crippen LogP contribution is -2.32. The second kappa shape index (κ2) is 6.18. The second-order valence-corrected chi connectivity index (χ2v) is 6.05. The van der Waals surface area contributed by atoms with Gasteiger partial charge in [0.1, 0.15) is 11.5 Å². The van der Waals surface area contributed by atoms with Crippen LogP contribution in [-0.4, -0.2) is 17.3 Å². The molecule has 1 aromatic heterocycles. The van der Waals surface area contributed by atoms with Gasteiger partial charge in [0.05, 0.1) is 18.2 Å². The molecule has 0 saturated carbocycles. The minimum Gasteiger partial charge on any atom is -0.467 e. The van der Waals surface area contributed by atoms with E-state index in [-0.39, 0.29) is 12.0 Å². The molecule has 2 heterocycles. The summed E-state index contributed by atoms with van der Waals surface area (Å²) in [6.45, 7) is 0. The lowest BCUT2D eigenvalue weighted by molar-refractivity contribution is -0.122. The fraction of sp³-hybridized carbons (Fsp3) is 0.312. The fourth-order valence-corrected chi connectivity index (χ4v) is 3.64. The highest BCUT2D eigenvalue weighted by Gasteiger charge is 2.33. The molecule has 0 bridgehead atoms. The molecule has 0 aliphatic carbocycles. The molecule has 1 fully saturated rings. The van der Waals surface area contributed by atoms with Gasteiger partial charge in [-0.25, -0.2) is 0 Å². The van der Waals surface area contributed by atoms with E-state index in [4.69, 9.17) is 4.42 Å². The molecule has 104 valence electrons. The number of benzene rings is 1. The minimum atomic E-state index is -0.0901. The van der Waals surface area contributed by atoms with Crippen molar-refractivity contribution >= 4 is 23.2 Å². The number of thioether (sulfide) groups is 1. The molecule has 1 saturated heterocycles. The molecule has 1 aromatic carbocycles. The maximum Gasteiger partial charge on any atom is 0.140 e. The Hall–Kier alpha value is -1.68. The average molecular weight is 287 g/mol. The zero-order valence-corrected chi connectivity index (χ0v) is 11.9. The van der Waals surface area contributed by atoms with Crippen LogP contribution in [0.5, 0.6) is 0 Å². The first-order valence-electron chi connectivity index (χ1n) is 6.80. The van der Waals surface area contributed by atoms with E-state index in [2.05, 4.69) is 5.32 Å². The summed E-state index contributed by atoms with van der Waals surface area (Å²) in [5.41, 5.74) is 1.01. The molecule has 0 unspecified atom stereocenters. The third kappa shape index (κ3) is 2.90. The van der Waals surface area contributed by atoms with Crippen LogP contribution in [0.3, 0.4) is 0 Å². The molecular weight excluding hydrogens is 270 g/mol. The Balaban J connectivity index is 1.86. The van der Waals surface area contributed by atoms with E-state index in [9.17, 15) is 4.79 Å². The number of ketones is 1. The van der Waals surface area contributed by atoms with Crippen LogP contribution in [0.4, 0.5) is 5.69 Å². The summed E-state index contributed by atoms with van der Waals surface area (Å²) in [5, 5.41) is 3.45. The largest absolute Gasteiger partial charge is 0.467 e. The number of nitrogens with one attached hydrogen (secondary N) is 1. The summed E-state index contributed by atoms with van der Waals surface area (Å²) in [7, 11) is 0. The van der Waals surface area contributed by atoms with Gasteiger partial charge in [-0.15, -0.1) is 0 Å². The Labute approximate surface area is 122 Å². The lowest BCUT2D eigenvalue weighted by atomic mass is 9.92. The highest BCUT2D eigenvalue weighted by molar-refractivity contribution is 7.99. The molecular formula is C16H17NO2S. The molecule has 20 heavy (non-hydrogen) atoms. The predicted octanol–water partition coefficient (Wildman–Crippen LogP) is 3.76. The zero-order chi connectivity index (χ0) is 13.8. The van der Waals surface area contributed by atoms with E-state index in [1.807, 2.05) is 54.2 Å². The van der Waals surface area contributed by atoms with E-state index in [0.29, 0.717) is 12.2 Å². The summed E-state index contributed by atoms with van der Waals surface area (Å²) >= 11 is 1.84. The Morgan fingerprint density at radius 3 is 2.75 bits per heavy atom. The number of hydrogen-bond acceptors (Lipinski definition) is 4. The van der Waals surface area contributed by atoms with Gasteiger partial charge in [0.2, 0.25) is 0 Å². The third-order valence-corrected chi connectivity index (χ3v) is 4.64. The third-order valence-electron chi connectivity index (χ3n) is 3.55. The molecule has 1 N–H and O–H groups in total. The molecule has 2 aromatic rings. The fourth-order valence-electron chi connectivity index (χ4n) is 2.50. The highest BCUT2D eigenvalue weighted by atomic mass is 32.2. The average Bonchev–Trinajstić information content (AvgIpc) is 3.01. The Morgan fingerprint density at radius 1 is 1.20 bits per heavy atom. The van der Waals surface area contributed by atoms with E-state index >= 15 is 0 Å². The van der Waals surface area contributed by atoms with Crippen molar-refractivity contribution in [3.63, 3.8) is 0 Å². The molecule has 3 rings (SSSR count). The molecule has 4 heteroatoms. The summed E-state index contributed by atoms with van der Waals surface area (Å²) in [6, 6.07) is 13.7. The van der Waals surface area contributed by atoms with Crippen LogP contribution in [0.2, 0.25) is 0 Å². The van der Waals surface area contributed by atoms with Crippen molar-refractivity contribution in [1.82, 2.24) is 0 Å². The first-order valence-corrected chi connectivity index (χ1v) is 7.95. The van der Waals surface area contributed by atoms with Crippen LogP contribution in [0, 0.1) is 5.92 Å². The quantitative estimate of drug-likeness (QED) is 0.930. The van der Waals surface area contributed by atoms with Crippen molar-refractivity contribution in [3.8, 4) is 0 Å². The number of rotatable bonds is 4. The van der Waals surface area contributed by atoms with Crippen LogP contribution in [0.15, 0.2) is 53.1 Å². The SMILES string of the molecule is O=C1CCSC[C@@H]1[C@H](Nc1ccccc1)c1ccco1. The molecule has 0 amide bonds. The van der Waals surface area contributed by atoms with Crippen molar-refractivity contribution in [2.75, 3.05) is 16.8 Å². The van der Waals surface area contributed by atoms with Crippen LogP contribution < -0.4 is 5.32 Å². The molecule has 1 aliphatic rings. The molecule has 1 aliphatic heterocycles. The lowest BCUT2D eigenvalue weighted by Gasteiger charge is -2.29. The van der Waals surface area contributed by atoms with Gasteiger partial charge >= 0.3 is 0 Å². The van der Waals surface area contributed by atoms with E-state index in [1.165, 1.54) is 0 Å². The van der Waals surface area contributed by atoms with Crippen LogP contribution >= 0.6 is 11.8 Å².